The Morgan fingerprint density at radius 1 is 1.08 bits per heavy atom. The smallest absolute Gasteiger partial charge is 0.180 e. The first kappa shape index (κ1) is 29.0. The zero-order valence-electron chi connectivity index (χ0n) is 23.0. The van der Waals surface area contributed by atoms with E-state index in [1.54, 1.807) is 50.5 Å². The highest BCUT2D eigenvalue weighted by Crippen LogP contribution is 2.33. The zero-order valence-corrected chi connectivity index (χ0v) is 23.8. The third-order valence-corrected chi connectivity index (χ3v) is 8.20. The highest BCUT2D eigenvalue weighted by molar-refractivity contribution is 7.92. The van der Waals surface area contributed by atoms with Gasteiger partial charge in [-0.15, -0.1) is 0 Å². The summed E-state index contributed by atoms with van der Waals surface area (Å²) in [5, 5.41) is 10.9. The van der Waals surface area contributed by atoms with E-state index >= 15 is 0 Å². The summed E-state index contributed by atoms with van der Waals surface area (Å²) < 4.78 is 31.6. The number of allylic oxidation sites excluding steroid dienone is 1. The maximum atomic E-state index is 12.7. The number of hydrogen-bond acceptors (Lipinski definition) is 7. The van der Waals surface area contributed by atoms with Crippen LogP contribution in [-0.2, 0) is 21.1 Å². The highest BCUT2D eigenvalue weighted by Gasteiger charge is 2.20. The molecule has 3 rings (SSSR count). The number of benzene rings is 2. The summed E-state index contributed by atoms with van der Waals surface area (Å²) in [5.41, 5.74) is 3.07. The molecule has 0 bridgehead atoms. The van der Waals surface area contributed by atoms with Crippen LogP contribution in [0.4, 0.5) is 0 Å². The Balaban J connectivity index is 1.74. The largest absolute Gasteiger partial charge is 0.456 e. The van der Waals surface area contributed by atoms with Crippen molar-refractivity contribution in [3.05, 3.63) is 71.6 Å². The van der Waals surface area contributed by atoms with E-state index in [4.69, 9.17) is 10.1 Å². The van der Waals surface area contributed by atoms with Crippen LogP contribution in [0.3, 0.4) is 0 Å². The fourth-order valence-electron chi connectivity index (χ4n) is 3.79. The SMILES string of the molecule is Cc1cc(CC(=O)CC/C(C=N)=C/NC(C)(C)C)ccc1Oc1ccnc2ccc(S(=O)(=O)C(C)C)cc12. The number of sulfone groups is 1. The van der Waals surface area contributed by atoms with E-state index in [9.17, 15) is 13.2 Å². The summed E-state index contributed by atoms with van der Waals surface area (Å²) >= 11 is 0. The molecular weight excluding hydrogens is 498 g/mol. The number of aromatic nitrogens is 1. The minimum Gasteiger partial charge on any atom is -0.456 e. The molecule has 202 valence electrons. The summed E-state index contributed by atoms with van der Waals surface area (Å²) in [7, 11) is -3.44. The highest BCUT2D eigenvalue weighted by atomic mass is 32.2. The maximum Gasteiger partial charge on any atom is 0.180 e. The van der Waals surface area contributed by atoms with Gasteiger partial charge in [-0.25, -0.2) is 8.42 Å². The van der Waals surface area contributed by atoms with Gasteiger partial charge in [-0.2, -0.15) is 0 Å². The molecule has 0 atom stereocenters. The predicted molar refractivity (Wildman–Crippen MR) is 153 cm³/mol. The first-order valence-corrected chi connectivity index (χ1v) is 14.2. The van der Waals surface area contributed by atoms with Crippen LogP contribution in [0.15, 0.2) is 65.3 Å². The van der Waals surface area contributed by atoms with Gasteiger partial charge >= 0.3 is 0 Å². The Labute approximate surface area is 225 Å². The molecule has 0 aliphatic carbocycles. The van der Waals surface area contributed by atoms with E-state index in [0.29, 0.717) is 41.7 Å². The Hall–Kier alpha value is -3.52. The van der Waals surface area contributed by atoms with E-state index in [-0.39, 0.29) is 16.2 Å². The molecule has 8 heteroatoms. The van der Waals surface area contributed by atoms with Crippen molar-refractivity contribution in [3.63, 3.8) is 0 Å². The lowest BCUT2D eigenvalue weighted by Crippen LogP contribution is -2.31. The quantitative estimate of drug-likeness (QED) is 0.278. The van der Waals surface area contributed by atoms with Crippen LogP contribution in [0.1, 0.15) is 58.6 Å². The minimum atomic E-state index is -3.44. The molecule has 1 aromatic heterocycles. The van der Waals surface area contributed by atoms with Crippen LogP contribution in [0, 0.1) is 12.3 Å². The van der Waals surface area contributed by atoms with Gasteiger partial charge < -0.3 is 15.5 Å². The maximum absolute atomic E-state index is 12.7. The van der Waals surface area contributed by atoms with Gasteiger partial charge in [0.25, 0.3) is 0 Å². The van der Waals surface area contributed by atoms with Crippen LogP contribution in [-0.4, -0.2) is 36.2 Å². The van der Waals surface area contributed by atoms with Crippen molar-refractivity contribution >= 4 is 32.7 Å². The van der Waals surface area contributed by atoms with Gasteiger partial charge in [0, 0.05) is 42.4 Å². The van der Waals surface area contributed by atoms with Crippen molar-refractivity contribution in [2.75, 3.05) is 0 Å². The summed E-state index contributed by atoms with van der Waals surface area (Å²) in [4.78, 5) is 17.2. The van der Waals surface area contributed by atoms with E-state index in [2.05, 4.69) is 10.3 Å². The number of pyridine rings is 1. The summed E-state index contributed by atoms with van der Waals surface area (Å²) in [6.07, 6.45) is 5.88. The number of nitrogens with zero attached hydrogens (tertiary/aromatic N) is 1. The first-order chi connectivity index (χ1) is 17.8. The van der Waals surface area contributed by atoms with E-state index in [0.717, 1.165) is 16.7 Å². The van der Waals surface area contributed by atoms with Crippen LogP contribution in [0.5, 0.6) is 11.5 Å². The second-order valence-electron chi connectivity index (χ2n) is 10.8. The molecule has 1 heterocycles. The van der Waals surface area contributed by atoms with Crippen molar-refractivity contribution in [2.24, 2.45) is 0 Å². The van der Waals surface area contributed by atoms with Crippen molar-refractivity contribution < 1.29 is 17.9 Å². The van der Waals surface area contributed by atoms with Crippen molar-refractivity contribution in [1.82, 2.24) is 10.3 Å². The number of carbonyl (C=O) groups excluding carboxylic acids is 1. The van der Waals surface area contributed by atoms with Gasteiger partial charge in [0.15, 0.2) is 9.84 Å². The number of nitrogens with one attached hydrogen (secondary N) is 2. The monoisotopic (exact) mass is 535 g/mol. The fraction of sp³-hybridized carbons (Fsp3) is 0.367. The molecular formula is C30H37N3O4S. The third-order valence-electron chi connectivity index (χ3n) is 6.05. The Morgan fingerprint density at radius 2 is 1.82 bits per heavy atom. The number of Topliss-reactive ketones (excluding diaryl/α,β-unsaturated/α-hetero) is 1. The molecule has 2 N–H and O–H groups in total. The van der Waals surface area contributed by atoms with Crippen LogP contribution in [0.2, 0.25) is 0 Å². The van der Waals surface area contributed by atoms with Gasteiger partial charge in [0.2, 0.25) is 0 Å². The molecule has 38 heavy (non-hydrogen) atoms. The normalized spacial score (nSPS) is 12.6. The number of rotatable bonds is 11. The van der Waals surface area contributed by atoms with Crippen LogP contribution in [0.25, 0.3) is 10.9 Å². The molecule has 0 aliphatic rings. The summed E-state index contributed by atoms with van der Waals surface area (Å²) in [5.74, 6) is 1.23. The summed E-state index contributed by atoms with van der Waals surface area (Å²) in [6.45, 7) is 11.3. The Morgan fingerprint density at radius 3 is 2.45 bits per heavy atom. The van der Waals surface area contributed by atoms with Crippen molar-refractivity contribution in [2.45, 2.75) is 76.5 Å². The van der Waals surface area contributed by atoms with Gasteiger partial charge in [-0.3, -0.25) is 9.78 Å². The molecule has 7 nitrogen and oxygen atoms in total. The first-order valence-electron chi connectivity index (χ1n) is 12.7. The second-order valence-corrected chi connectivity index (χ2v) is 13.3. The van der Waals surface area contributed by atoms with E-state index in [1.165, 1.54) is 6.21 Å². The predicted octanol–water partition coefficient (Wildman–Crippen LogP) is 6.33. The second kappa shape index (κ2) is 11.9. The van der Waals surface area contributed by atoms with Crippen molar-refractivity contribution in [3.8, 4) is 11.5 Å². The molecule has 2 aromatic carbocycles. The third kappa shape index (κ3) is 7.51. The molecule has 0 saturated heterocycles. The van der Waals surface area contributed by atoms with Crippen LogP contribution >= 0.6 is 0 Å². The molecule has 0 fully saturated rings. The minimum absolute atomic E-state index is 0.0978. The molecule has 0 saturated carbocycles. The number of fused-ring (bicyclic) bond motifs is 1. The molecule has 3 aromatic rings. The lowest BCUT2D eigenvalue weighted by Gasteiger charge is -2.19. The van der Waals surface area contributed by atoms with E-state index in [1.807, 2.05) is 45.9 Å². The molecule has 0 radical (unpaired) electrons. The zero-order chi connectivity index (χ0) is 28.1. The fourth-order valence-corrected chi connectivity index (χ4v) is 4.87. The average molecular weight is 536 g/mol. The number of hydrogen-bond donors (Lipinski definition) is 2. The topological polar surface area (TPSA) is 109 Å². The van der Waals surface area contributed by atoms with Crippen LogP contribution < -0.4 is 10.1 Å². The van der Waals surface area contributed by atoms with Gasteiger partial charge in [-0.1, -0.05) is 12.1 Å². The van der Waals surface area contributed by atoms with Gasteiger partial charge in [-0.05, 0) is 95.0 Å². The summed E-state index contributed by atoms with van der Waals surface area (Å²) in [6, 6.07) is 12.2. The molecule has 0 amide bonds. The number of aryl methyl sites for hydroxylation is 1. The van der Waals surface area contributed by atoms with E-state index < -0.39 is 15.1 Å². The number of ether oxygens (including phenoxy) is 1. The molecule has 0 aliphatic heterocycles. The number of carbonyl (C=O) groups is 1. The Kier molecular flexibility index (Phi) is 9.09. The number of ketones is 1. The Bertz CT molecular complexity index is 1470. The molecule has 0 spiro atoms. The lowest BCUT2D eigenvalue weighted by molar-refractivity contribution is -0.118. The van der Waals surface area contributed by atoms with Crippen molar-refractivity contribution in [1.29, 1.82) is 5.41 Å². The van der Waals surface area contributed by atoms with Gasteiger partial charge in [0.05, 0.1) is 15.7 Å². The standard InChI is InChI=1S/C30H37N3O4S/c1-20(2)38(35,36)25-10-11-27-26(17-25)29(13-14-32-27)37-28-12-8-22(15-21(28)3)16-24(34)9-7-23(18-31)19-33-30(4,5)6/h8,10-15,17-20,31,33H,7,9,16H2,1-6H3/b23-19-,31-18?. The average Bonchev–Trinajstić information content (AvgIpc) is 2.85. The molecule has 0 unspecified atom stereocenters. The lowest BCUT2D eigenvalue weighted by atomic mass is 10.0. The van der Waals surface area contributed by atoms with Gasteiger partial charge in [0.1, 0.15) is 17.3 Å².